The van der Waals surface area contributed by atoms with Crippen molar-refractivity contribution in [3.8, 4) is 0 Å². The third-order valence-corrected chi connectivity index (χ3v) is 4.55. The molecule has 4 heteroatoms. The Balaban J connectivity index is 1.67. The van der Waals surface area contributed by atoms with E-state index in [0.29, 0.717) is 12.0 Å². The minimum Gasteiger partial charge on any atom is -0.317 e. The molecule has 2 aromatic rings. The van der Waals surface area contributed by atoms with Gasteiger partial charge < -0.3 is 9.88 Å². The van der Waals surface area contributed by atoms with Gasteiger partial charge in [-0.2, -0.15) is 0 Å². The van der Waals surface area contributed by atoms with Crippen molar-refractivity contribution in [2.24, 2.45) is 0 Å². The van der Waals surface area contributed by atoms with Crippen LogP contribution in [0.25, 0.3) is 0 Å². The summed E-state index contributed by atoms with van der Waals surface area (Å²) in [4.78, 5) is 0. The molecule has 1 fully saturated rings. The first-order chi connectivity index (χ1) is 10.4. The van der Waals surface area contributed by atoms with Crippen molar-refractivity contribution >= 4 is 0 Å². The second kappa shape index (κ2) is 6.85. The van der Waals surface area contributed by atoms with E-state index in [9.17, 15) is 0 Å². The smallest absolute Gasteiger partial charge is 0.146 e. The Kier molecular flexibility index (Phi) is 4.65. The number of hydrogen-bond donors (Lipinski definition) is 1. The van der Waals surface area contributed by atoms with Gasteiger partial charge in [0.2, 0.25) is 0 Å². The lowest BCUT2D eigenvalue weighted by Gasteiger charge is -2.32. The number of aryl methyl sites for hydroxylation is 1. The first kappa shape index (κ1) is 14.3. The second-order valence-electron chi connectivity index (χ2n) is 5.82. The molecule has 1 aliphatic carbocycles. The van der Waals surface area contributed by atoms with E-state index in [1.54, 1.807) is 0 Å². The first-order valence-corrected chi connectivity index (χ1v) is 8.03. The van der Waals surface area contributed by atoms with Crippen LogP contribution in [-0.2, 0) is 13.1 Å². The first-order valence-electron chi connectivity index (χ1n) is 8.03. The summed E-state index contributed by atoms with van der Waals surface area (Å²) in [5.41, 5.74) is 1.46. The van der Waals surface area contributed by atoms with Gasteiger partial charge in [0, 0.05) is 12.6 Å². The van der Waals surface area contributed by atoms with E-state index >= 15 is 0 Å². The molecule has 0 aliphatic heterocycles. The van der Waals surface area contributed by atoms with Gasteiger partial charge in [-0.05, 0) is 31.2 Å². The maximum absolute atomic E-state index is 4.22. The molecule has 0 bridgehead atoms. The number of rotatable bonds is 5. The Labute approximate surface area is 126 Å². The molecule has 1 aliphatic rings. The van der Waals surface area contributed by atoms with E-state index < -0.39 is 0 Å². The molecule has 2 atom stereocenters. The molecule has 112 valence electrons. The Morgan fingerprint density at radius 3 is 2.81 bits per heavy atom. The van der Waals surface area contributed by atoms with Gasteiger partial charge >= 0.3 is 0 Å². The number of benzene rings is 1. The predicted molar refractivity (Wildman–Crippen MR) is 84.0 cm³/mol. The van der Waals surface area contributed by atoms with Crippen LogP contribution in [0.2, 0.25) is 0 Å². The largest absolute Gasteiger partial charge is 0.317 e. The number of nitrogens with zero attached hydrogens (tertiary/aromatic N) is 3. The lowest BCUT2D eigenvalue weighted by Crippen LogP contribution is -2.37. The van der Waals surface area contributed by atoms with Gasteiger partial charge in [0.05, 0.1) is 6.54 Å². The quantitative estimate of drug-likeness (QED) is 0.917. The Morgan fingerprint density at radius 1 is 1.19 bits per heavy atom. The van der Waals surface area contributed by atoms with Crippen molar-refractivity contribution in [2.45, 2.75) is 57.7 Å². The standard InChI is InChI=1S/C17H24N4/c1-2-21-13-19-20-17(21)12-18-16-11-7-6-10-15(16)14-8-4-3-5-9-14/h3-5,8-9,13,15-16,18H,2,6-7,10-12H2,1H3/t15-,16+/m0/s1. The van der Waals surface area contributed by atoms with E-state index in [0.717, 1.165) is 18.9 Å². The van der Waals surface area contributed by atoms with Gasteiger partial charge in [-0.3, -0.25) is 0 Å². The SMILES string of the molecule is CCn1cnnc1CN[C@@H]1CCCC[C@H]1c1ccccc1. The minimum absolute atomic E-state index is 0.545. The zero-order chi connectivity index (χ0) is 14.5. The molecule has 0 radical (unpaired) electrons. The molecule has 1 aromatic carbocycles. The summed E-state index contributed by atoms with van der Waals surface area (Å²) in [7, 11) is 0. The van der Waals surface area contributed by atoms with Crippen molar-refractivity contribution < 1.29 is 0 Å². The third kappa shape index (κ3) is 3.32. The second-order valence-corrected chi connectivity index (χ2v) is 5.82. The highest BCUT2D eigenvalue weighted by Crippen LogP contribution is 2.33. The van der Waals surface area contributed by atoms with Crippen LogP contribution in [0.4, 0.5) is 0 Å². The maximum atomic E-state index is 4.22. The summed E-state index contributed by atoms with van der Waals surface area (Å²) in [6.07, 6.45) is 7.00. The fraction of sp³-hybridized carbons (Fsp3) is 0.529. The molecule has 4 nitrogen and oxygen atoms in total. The molecule has 0 amide bonds. The Bertz CT molecular complexity index is 549. The van der Waals surface area contributed by atoms with Crippen LogP contribution in [-0.4, -0.2) is 20.8 Å². The molecule has 1 N–H and O–H groups in total. The predicted octanol–water partition coefficient (Wildman–Crippen LogP) is 3.11. The summed E-state index contributed by atoms with van der Waals surface area (Å²) in [6, 6.07) is 11.5. The minimum atomic E-state index is 0.545. The Morgan fingerprint density at radius 2 is 2.00 bits per heavy atom. The summed E-state index contributed by atoms with van der Waals surface area (Å²) in [5.74, 6) is 1.66. The van der Waals surface area contributed by atoms with Crippen molar-refractivity contribution in [1.29, 1.82) is 0 Å². The monoisotopic (exact) mass is 284 g/mol. The van der Waals surface area contributed by atoms with Crippen LogP contribution in [0.3, 0.4) is 0 Å². The molecule has 1 heterocycles. The molecule has 21 heavy (non-hydrogen) atoms. The highest BCUT2D eigenvalue weighted by atomic mass is 15.3. The number of nitrogens with one attached hydrogen (secondary N) is 1. The zero-order valence-electron chi connectivity index (χ0n) is 12.7. The van der Waals surface area contributed by atoms with Crippen molar-refractivity contribution in [3.63, 3.8) is 0 Å². The lowest BCUT2D eigenvalue weighted by molar-refractivity contribution is 0.322. The van der Waals surface area contributed by atoms with Gasteiger partial charge in [0.1, 0.15) is 12.2 Å². The average molecular weight is 284 g/mol. The third-order valence-electron chi connectivity index (χ3n) is 4.55. The molecule has 1 aromatic heterocycles. The Hall–Kier alpha value is -1.68. The van der Waals surface area contributed by atoms with Crippen molar-refractivity contribution in [1.82, 2.24) is 20.1 Å². The summed E-state index contributed by atoms with van der Waals surface area (Å²) < 4.78 is 2.10. The maximum Gasteiger partial charge on any atom is 0.146 e. The fourth-order valence-corrected chi connectivity index (χ4v) is 3.38. The topological polar surface area (TPSA) is 42.7 Å². The molecular weight excluding hydrogens is 260 g/mol. The van der Waals surface area contributed by atoms with Gasteiger partial charge in [0.25, 0.3) is 0 Å². The molecular formula is C17H24N4. The highest BCUT2D eigenvalue weighted by Gasteiger charge is 2.26. The summed E-state index contributed by atoms with van der Waals surface area (Å²) >= 11 is 0. The van der Waals surface area contributed by atoms with E-state index in [1.807, 2.05) is 6.33 Å². The van der Waals surface area contributed by atoms with Crippen LogP contribution in [0.15, 0.2) is 36.7 Å². The highest BCUT2D eigenvalue weighted by molar-refractivity contribution is 5.22. The molecule has 1 saturated carbocycles. The van der Waals surface area contributed by atoms with Gasteiger partial charge in [-0.25, -0.2) is 0 Å². The summed E-state index contributed by atoms with van der Waals surface area (Å²) in [5, 5.41) is 12.0. The van der Waals surface area contributed by atoms with Crippen molar-refractivity contribution in [3.05, 3.63) is 48.0 Å². The van der Waals surface area contributed by atoms with Crippen LogP contribution < -0.4 is 5.32 Å². The number of aromatic nitrogens is 3. The van der Waals surface area contributed by atoms with E-state index in [-0.39, 0.29) is 0 Å². The molecule has 0 spiro atoms. The van der Waals surface area contributed by atoms with Gasteiger partial charge in [0.15, 0.2) is 0 Å². The van der Waals surface area contributed by atoms with Crippen LogP contribution in [0.5, 0.6) is 0 Å². The van der Waals surface area contributed by atoms with Crippen LogP contribution in [0.1, 0.15) is 49.9 Å². The van der Waals surface area contributed by atoms with Crippen molar-refractivity contribution in [2.75, 3.05) is 0 Å². The molecule has 0 saturated heterocycles. The zero-order valence-corrected chi connectivity index (χ0v) is 12.7. The number of hydrogen-bond acceptors (Lipinski definition) is 3. The van der Waals surface area contributed by atoms with Gasteiger partial charge in [-0.1, -0.05) is 43.2 Å². The van der Waals surface area contributed by atoms with E-state index in [1.165, 1.54) is 31.2 Å². The fourth-order valence-electron chi connectivity index (χ4n) is 3.38. The van der Waals surface area contributed by atoms with E-state index in [2.05, 4.69) is 57.3 Å². The average Bonchev–Trinajstić information content (AvgIpc) is 3.01. The van der Waals surface area contributed by atoms with Crippen LogP contribution >= 0.6 is 0 Å². The molecule has 3 rings (SSSR count). The van der Waals surface area contributed by atoms with Crippen LogP contribution in [0, 0.1) is 0 Å². The normalized spacial score (nSPS) is 22.3. The van der Waals surface area contributed by atoms with Gasteiger partial charge in [-0.15, -0.1) is 10.2 Å². The lowest BCUT2D eigenvalue weighted by atomic mass is 9.80. The van der Waals surface area contributed by atoms with E-state index in [4.69, 9.17) is 0 Å². The summed E-state index contributed by atoms with van der Waals surface area (Å²) in [6.45, 7) is 3.86. The molecule has 0 unspecified atom stereocenters.